The maximum Gasteiger partial charge on any atom is 0.193 e. The number of hydrogen-bond donors (Lipinski definition) is 2. The first-order chi connectivity index (χ1) is 11.1. The summed E-state index contributed by atoms with van der Waals surface area (Å²) in [5.74, 6) is 1.15. The second-order valence-electron chi connectivity index (χ2n) is 5.65. The highest BCUT2D eigenvalue weighted by Crippen LogP contribution is 2.26. The van der Waals surface area contributed by atoms with E-state index >= 15 is 0 Å². The van der Waals surface area contributed by atoms with Crippen molar-refractivity contribution in [2.75, 3.05) is 6.54 Å². The van der Waals surface area contributed by atoms with E-state index in [-0.39, 0.29) is 0 Å². The lowest BCUT2D eigenvalue weighted by atomic mass is 9.96. The van der Waals surface area contributed by atoms with Crippen molar-refractivity contribution in [1.82, 2.24) is 5.32 Å². The monoisotopic (exact) mass is 333 g/mol. The maximum atomic E-state index is 9.77. The van der Waals surface area contributed by atoms with E-state index in [0.717, 1.165) is 37.1 Å². The molecule has 3 nitrogen and oxygen atoms in total. The van der Waals surface area contributed by atoms with Gasteiger partial charge in [-0.15, -0.1) is 0 Å². The predicted molar refractivity (Wildman–Crippen MR) is 95.8 cm³/mol. The number of hydrogen-bond acceptors (Lipinski definition) is 3. The number of nitrogens with one attached hydrogen (secondary N) is 1. The van der Waals surface area contributed by atoms with E-state index in [0.29, 0.717) is 17.5 Å². The van der Waals surface area contributed by atoms with Crippen molar-refractivity contribution in [3.63, 3.8) is 0 Å². The Morgan fingerprint density at radius 3 is 2.83 bits per heavy atom. The molecule has 0 saturated carbocycles. The van der Waals surface area contributed by atoms with Crippen LogP contribution in [0.2, 0.25) is 5.22 Å². The zero-order valence-electron chi connectivity index (χ0n) is 13.7. The largest absolute Gasteiger partial charge is 0.508 e. The minimum absolute atomic E-state index is 0.311. The predicted octanol–water partition coefficient (Wildman–Crippen LogP) is 5.31. The zero-order chi connectivity index (χ0) is 16.7. The number of allylic oxidation sites excluding steroid dienone is 1. The maximum absolute atomic E-state index is 9.77. The van der Waals surface area contributed by atoms with Gasteiger partial charge in [-0.1, -0.05) is 25.5 Å². The molecule has 0 radical (unpaired) electrons. The fourth-order valence-corrected chi connectivity index (χ4v) is 2.66. The normalized spacial score (nSPS) is 11.9. The lowest BCUT2D eigenvalue weighted by molar-refractivity contribution is 0.475. The number of benzene rings is 1. The molecule has 1 heterocycles. The molecule has 1 aromatic carbocycles. The highest BCUT2D eigenvalue weighted by atomic mass is 35.5. The summed E-state index contributed by atoms with van der Waals surface area (Å²) in [6.45, 7) is 5.74. The highest BCUT2D eigenvalue weighted by Gasteiger charge is 2.07. The molecule has 2 N–H and O–H groups in total. The minimum atomic E-state index is 0.311. The molecule has 0 amide bonds. The van der Waals surface area contributed by atoms with E-state index in [2.05, 4.69) is 25.2 Å². The molecule has 124 valence electrons. The first-order valence-electron chi connectivity index (χ1n) is 8.04. The SMILES string of the molecule is CCC/C=C(/CCNCc1ccc(Cl)o1)c1cc(O)ccc1C. The van der Waals surface area contributed by atoms with Crippen LogP contribution in [0, 0.1) is 6.92 Å². The van der Waals surface area contributed by atoms with Crippen LogP contribution in [-0.2, 0) is 6.54 Å². The second-order valence-corrected chi connectivity index (χ2v) is 6.02. The van der Waals surface area contributed by atoms with Gasteiger partial charge >= 0.3 is 0 Å². The quantitative estimate of drug-likeness (QED) is 0.643. The molecule has 0 aliphatic heterocycles. The Kier molecular flexibility index (Phi) is 6.75. The van der Waals surface area contributed by atoms with Gasteiger partial charge in [0, 0.05) is 0 Å². The lowest BCUT2D eigenvalue weighted by Crippen LogP contribution is -2.14. The van der Waals surface area contributed by atoms with Crippen LogP contribution in [0.1, 0.15) is 43.1 Å². The summed E-state index contributed by atoms with van der Waals surface area (Å²) in [7, 11) is 0. The summed E-state index contributed by atoms with van der Waals surface area (Å²) in [4.78, 5) is 0. The van der Waals surface area contributed by atoms with Crippen molar-refractivity contribution in [2.24, 2.45) is 0 Å². The number of aromatic hydroxyl groups is 1. The highest BCUT2D eigenvalue weighted by molar-refractivity contribution is 6.28. The standard InChI is InChI=1S/C19H24ClNO2/c1-3-4-5-15(18-12-16(22)7-6-14(18)2)10-11-21-13-17-8-9-19(20)23-17/h5-9,12,21-22H,3-4,10-11,13H2,1-2H3/b15-5-. The Morgan fingerprint density at radius 2 is 2.13 bits per heavy atom. The van der Waals surface area contributed by atoms with Gasteiger partial charge in [-0.3, -0.25) is 0 Å². The fourth-order valence-electron chi connectivity index (χ4n) is 2.50. The third-order valence-corrected chi connectivity index (χ3v) is 3.95. The molecule has 0 aliphatic rings. The molecule has 4 heteroatoms. The smallest absolute Gasteiger partial charge is 0.193 e. The summed E-state index contributed by atoms with van der Waals surface area (Å²) < 4.78 is 5.33. The Balaban J connectivity index is 1.97. The summed E-state index contributed by atoms with van der Waals surface area (Å²) >= 11 is 5.77. The van der Waals surface area contributed by atoms with Crippen molar-refractivity contribution < 1.29 is 9.52 Å². The van der Waals surface area contributed by atoms with Gasteiger partial charge in [0.25, 0.3) is 0 Å². The number of rotatable bonds is 8. The Bertz CT molecular complexity index is 661. The zero-order valence-corrected chi connectivity index (χ0v) is 14.5. The van der Waals surface area contributed by atoms with Gasteiger partial charge in [0.2, 0.25) is 0 Å². The van der Waals surface area contributed by atoms with Crippen LogP contribution in [0.15, 0.2) is 40.8 Å². The first-order valence-corrected chi connectivity index (χ1v) is 8.42. The van der Waals surface area contributed by atoms with Crippen molar-refractivity contribution in [2.45, 2.75) is 39.7 Å². The molecule has 2 aromatic rings. The number of unbranched alkanes of at least 4 members (excludes halogenated alkanes) is 1. The van der Waals surface area contributed by atoms with Crippen LogP contribution < -0.4 is 5.32 Å². The van der Waals surface area contributed by atoms with Crippen molar-refractivity contribution in [3.05, 3.63) is 58.5 Å². The van der Waals surface area contributed by atoms with Crippen LogP contribution in [0.3, 0.4) is 0 Å². The Morgan fingerprint density at radius 1 is 1.30 bits per heavy atom. The van der Waals surface area contributed by atoms with Gasteiger partial charge in [0.05, 0.1) is 6.54 Å². The van der Waals surface area contributed by atoms with Crippen LogP contribution in [0.25, 0.3) is 5.57 Å². The van der Waals surface area contributed by atoms with Crippen molar-refractivity contribution in [1.29, 1.82) is 0 Å². The Hall–Kier alpha value is -1.71. The fraction of sp³-hybridized carbons (Fsp3) is 0.368. The Labute approximate surface area is 143 Å². The topological polar surface area (TPSA) is 45.4 Å². The molecule has 0 bridgehead atoms. The number of aryl methyl sites for hydroxylation is 1. The van der Waals surface area contributed by atoms with Crippen LogP contribution >= 0.6 is 11.6 Å². The van der Waals surface area contributed by atoms with Gasteiger partial charge in [0.1, 0.15) is 11.5 Å². The average Bonchev–Trinajstić information content (AvgIpc) is 2.95. The molecular weight excluding hydrogens is 310 g/mol. The van der Waals surface area contributed by atoms with Crippen LogP contribution in [0.4, 0.5) is 0 Å². The molecule has 0 aliphatic carbocycles. The molecule has 0 saturated heterocycles. The van der Waals surface area contributed by atoms with Gasteiger partial charge < -0.3 is 14.8 Å². The summed E-state index contributed by atoms with van der Waals surface area (Å²) in [6.07, 6.45) is 5.32. The molecular formula is C19H24ClNO2. The third kappa shape index (κ3) is 5.45. The van der Waals surface area contributed by atoms with Gasteiger partial charge in [-0.25, -0.2) is 0 Å². The van der Waals surface area contributed by atoms with E-state index in [1.807, 2.05) is 18.2 Å². The number of halogens is 1. The molecule has 0 fully saturated rings. The molecule has 1 aromatic heterocycles. The first kappa shape index (κ1) is 17.6. The number of furan rings is 1. The summed E-state index contributed by atoms with van der Waals surface area (Å²) in [6, 6.07) is 9.17. The second kappa shape index (κ2) is 8.80. The molecule has 23 heavy (non-hydrogen) atoms. The van der Waals surface area contributed by atoms with Crippen LogP contribution in [0.5, 0.6) is 5.75 Å². The number of phenolic OH excluding ortho intramolecular Hbond substituents is 1. The molecule has 0 atom stereocenters. The molecule has 2 rings (SSSR count). The summed E-state index contributed by atoms with van der Waals surface area (Å²) in [5.41, 5.74) is 3.58. The minimum Gasteiger partial charge on any atom is -0.508 e. The van der Waals surface area contributed by atoms with E-state index in [9.17, 15) is 5.11 Å². The lowest BCUT2D eigenvalue weighted by Gasteiger charge is -2.12. The van der Waals surface area contributed by atoms with E-state index in [1.54, 1.807) is 12.1 Å². The van der Waals surface area contributed by atoms with Crippen LogP contribution in [-0.4, -0.2) is 11.7 Å². The molecule has 0 spiro atoms. The average molecular weight is 334 g/mol. The van der Waals surface area contributed by atoms with Crippen molar-refractivity contribution >= 4 is 17.2 Å². The van der Waals surface area contributed by atoms with E-state index in [1.165, 1.54) is 11.1 Å². The van der Waals surface area contributed by atoms with Gasteiger partial charge in [-0.2, -0.15) is 0 Å². The van der Waals surface area contributed by atoms with E-state index in [4.69, 9.17) is 16.0 Å². The summed E-state index contributed by atoms with van der Waals surface area (Å²) in [5, 5.41) is 13.6. The molecule has 0 unspecified atom stereocenters. The van der Waals surface area contributed by atoms with Crippen molar-refractivity contribution in [3.8, 4) is 5.75 Å². The third-order valence-electron chi connectivity index (χ3n) is 3.75. The number of phenols is 1. The van der Waals surface area contributed by atoms with E-state index < -0.39 is 0 Å². The van der Waals surface area contributed by atoms with Gasteiger partial charge in [0.15, 0.2) is 5.22 Å². The van der Waals surface area contributed by atoms with Gasteiger partial charge in [-0.05, 0) is 78.9 Å².